The van der Waals surface area contributed by atoms with Crippen LogP contribution in [0.4, 0.5) is 17.1 Å². The first-order valence-corrected chi connectivity index (χ1v) is 6.47. The van der Waals surface area contributed by atoms with Crippen molar-refractivity contribution in [3.63, 3.8) is 0 Å². The van der Waals surface area contributed by atoms with Gasteiger partial charge in [-0.05, 0) is 56.1 Å². The van der Waals surface area contributed by atoms with Crippen LogP contribution in [0.2, 0.25) is 0 Å². The number of rotatable bonds is 2. The Hall–Kier alpha value is -1.20. The summed E-state index contributed by atoms with van der Waals surface area (Å²) in [4.78, 5) is 0. The lowest BCUT2D eigenvalue weighted by atomic mass is 10.3. The molecule has 0 aromatic heterocycles. The minimum absolute atomic E-state index is 0.656. The van der Waals surface area contributed by atoms with Gasteiger partial charge in [0, 0.05) is 8.95 Å². The van der Waals surface area contributed by atoms with E-state index in [1.54, 1.807) is 0 Å². The predicted octanol–water partition coefficient (Wildman–Crippen LogP) is 5.21. The van der Waals surface area contributed by atoms with Gasteiger partial charge in [0.05, 0.1) is 17.1 Å². The maximum atomic E-state index is 5.79. The van der Waals surface area contributed by atoms with Crippen molar-refractivity contribution in [2.45, 2.75) is 0 Å². The highest BCUT2D eigenvalue weighted by Gasteiger charge is 2.03. The third-order valence-electron chi connectivity index (χ3n) is 2.10. The molecule has 5 heteroatoms. The molecular weight excluding hydrogens is 346 g/mol. The molecule has 0 bridgehead atoms. The second-order valence-electron chi connectivity index (χ2n) is 3.36. The maximum absolute atomic E-state index is 5.79. The number of hydrogen-bond acceptors (Lipinski definition) is 3. The van der Waals surface area contributed by atoms with Crippen LogP contribution in [0.5, 0.6) is 0 Å². The second-order valence-corrected chi connectivity index (χ2v) is 5.07. The first-order chi connectivity index (χ1) is 8.16. The number of hydrogen-bond donors (Lipinski definition) is 1. The summed E-state index contributed by atoms with van der Waals surface area (Å²) in [5.41, 5.74) is 8.00. The Balaban J connectivity index is 2.28. The Morgan fingerprint density at radius 3 is 1.94 bits per heavy atom. The summed E-state index contributed by atoms with van der Waals surface area (Å²) in [6.45, 7) is 0. The summed E-state index contributed by atoms with van der Waals surface area (Å²) in [7, 11) is 0. The van der Waals surface area contributed by atoms with Crippen LogP contribution in [0, 0.1) is 0 Å². The molecule has 86 valence electrons. The minimum Gasteiger partial charge on any atom is -0.397 e. The fourth-order valence-corrected chi connectivity index (χ4v) is 2.40. The van der Waals surface area contributed by atoms with Crippen molar-refractivity contribution in [1.29, 1.82) is 0 Å². The zero-order chi connectivity index (χ0) is 12.3. The molecule has 0 aliphatic rings. The van der Waals surface area contributed by atoms with Gasteiger partial charge in [-0.25, -0.2) is 0 Å². The largest absolute Gasteiger partial charge is 0.397 e. The molecule has 2 aromatic carbocycles. The maximum Gasteiger partial charge on any atom is 0.0881 e. The Bertz CT molecular complexity index is 530. The Morgan fingerprint density at radius 1 is 0.824 bits per heavy atom. The van der Waals surface area contributed by atoms with Gasteiger partial charge in [-0.3, -0.25) is 0 Å². The van der Waals surface area contributed by atoms with Crippen LogP contribution in [0.15, 0.2) is 61.6 Å². The molecule has 3 nitrogen and oxygen atoms in total. The van der Waals surface area contributed by atoms with E-state index in [1.165, 1.54) is 0 Å². The molecule has 0 saturated heterocycles. The molecule has 17 heavy (non-hydrogen) atoms. The van der Waals surface area contributed by atoms with Crippen molar-refractivity contribution in [2.24, 2.45) is 10.2 Å². The summed E-state index contributed by atoms with van der Waals surface area (Å²) in [6.07, 6.45) is 0. The highest BCUT2D eigenvalue weighted by Crippen LogP contribution is 2.33. The molecule has 0 radical (unpaired) electrons. The quantitative estimate of drug-likeness (QED) is 0.584. The topological polar surface area (TPSA) is 50.7 Å². The van der Waals surface area contributed by atoms with Gasteiger partial charge in [0.25, 0.3) is 0 Å². The summed E-state index contributed by atoms with van der Waals surface area (Å²) in [5, 5.41) is 8.28. The number of anilines is 1. The van der Waals surface area contributed by atoms with Crippen molar-refractivity contribution in [2.75, 3.05) is 5.73 Å². The summed E-state index contributed by atoms with van der Waals surface area (Å²) in [5.74, 6) is 0. The van der Waals surface area contributed by atoms with E-state index in [0.717, 1.165) is 20.3 Å². The van der Waals surface area contributed by atoms with E-state index in [0.29, 0.717) is 5.69 Å². The van der Waals surface area contributed by atoms with Gasteiger partial charge in [-0.15, -0.1) is 0 Å². The number of nitrogens with zero attached hydrogens (tertiary/aromatic N) is 2. The van der Waals surface area contributed by atoms with Crippen molar-refractivity contribution in [3.05, 3.63) is 51.4 Å². The normalized spacial score (nSPS) is 10.9. The van der Waals surface area contributed by atoms with Crippen molar-refractivity contribution >= 4 is 48.9 Å². The number of azo groups is 1. The molecule has 2 rings (SSSR count). The van der Waals surface area contributed by atoms with Crippen LogP contribution in [-0.4, -0.2) is 0 Å². The highest BCUT2D eigenvalue weighted by molar-refractivity contribution is 9.11. The molecule has 0 amide bonds. The van der Waals surface area contributed by atoms with Crippen molar-refractivity contribution in [3.8, 4) is 0 Å². The molecule has 0 heterocycles. The molecule has 0 fully saturated rings. The van der Waals surface area contributed by atoms with E-state index in [2.05, 4.69) is 42.1 Å². The van der Waals surface area contributed by atoms with Gasteiger partial charge >= 0.3 is 0 Å². The zero-order valence-corrected chi connectivity index (χ0v) is 11.9. The van der Waals surface area contributed by atoms with E-state index in [4.69, 9.17) is 5.73 Å². The van der Waals surface area contributed by atoms with Crippen LogP contribution in [-0.2, 0) is 0 Å². The van der Waals surface area contributed by atoms with Gasteiger partial charge in [0.1, 0.15) is 0 Å². The molecule has 0 aliphatic heterocycles. The third-order valence-corrected chi connectivity index (χ3v) is 3.41. The van der Waals surface area contributed by atoms with Crippen LogP contribution in [0.1, 0.15) is 0 Å². The Morgan fingerprint density at radius 2 is 1.35 bits per heavy atom. The highest BCUT2D eigenvalue weighted by atomic mass is 79.9. The SMILES string of the molecule is Nc1c(Br)cc(/N=N/c2ccccc2)cc1Br. The van der Waals surface area contributed by atoms with Crippen LogP contribution < -0.4 is 5.73 Å². The third kappa shape index (κ3) is 3.14. The van der Waals surface area contributed by atoms with Gasteiger partial charge in [0.2, 0.25) is 0 Å². The standard InChI is InChI=1S/C12H9Br2N3/c13-10-6-9(7-11(14)12(10)15)17-16-8-4-2-1-3-5-8/h1-7H,15H2/b17-16+. The number of nitrogens with two attached hydrogens (primary N) is 1. The van der Waals surface area contributed by atoms with Gasteiger partial charge in [-0.1, -0.05) is 18.2 Å². The summed E-state index contributed by atoms with van der Waals surface area (Å²) in [6, 6.07) is 13.2. The predicted molar refractivity (Wildman–Crippen MR) is 76.9 cm³/mol. The first-order valence-electron chi connectivity index (χ1n) is 4.88. The van der Waals surface area contributed by atoms with Gasteiger partial charge in [-0.2, -0.15) is 10.2 Å². The Labute approximate surface area is 116 Å². The van der Waals surface area contributed by atoms with Crippen LogP contribution in [0.3, 0.4) is 0 Å². The molecule has 0 atom stereocenters. The fourth-order valence-electron chi connectivity index (χ4n) is 1.24. The monoisotopic (exact) mass is 353 g/mol. The molecule has 2 N–H and O–H groups in total. The average Bonchev–Trinajstić information content (AvgIpc) is 2.34. The fraction of sp³-hybridized carbons (Fsp3) is 0. The van der Waals surface area contributed by atoms with Gasteiger partial charge in [0.15, 0.2) is 0 Å². The van der Waals surface area contributed by atoms with Crippen LogP contribution in [0.25, 0.3) is 0 Å². The molecule has 0 unspecified atom stereocenters. The lowest BCUT2D eigenvalue weighted by Gasteiger charge is -2.02. The first kappa shape index (κ1) is 12.3. The Kier molecular flexibility index (Phi) is 3.91. The molecule has 0 spiro atoms. The smallest absolute Gasteiger partial charge is 0.0881 e. The van der Waals surface area contributed by atoms with E-state index < -0.39 is 0 Å². The van der Waals surface area contributed by atoms with Crippen molar-refractivity contribution < 1.29 is 0 Å². The zero-order valence-electron chi connectivity index (χ0n) is 8.77. The lowest BCUT2D eigenvalue weighted by molar-refractivity contribution is 1.23. The number of nitrogen functional groups attached to an aromatic ring is 1. The molecule has 0 saturated carbocycles. The van der Waals surface area contributed by atoms with E-state index in [9.17, 15) is 0 Å². The molecule has 0 aliphatic carbocycles. The minimum atomic E-state index is 0.656. The van der Waals surface area contributed by atoms with E-state index in [1.807, 2.05) is 42.5 Å². The van der Waals surface area contributed by atoms with Gasteiger partial charge < -0.3 is 5.73 Å². The van der Waals surface area contributed by atoms with Crippen molar-refractivity contribution in [1.82, 2.24) is 0 Å². The molecular formula is C12H9Br2N3. The van der Waals surface area contributed by atoms with Crippen LogP contribution >= 0.6 is 31.9 Å². The van der Waals surface area contributed by atoms with E-state index >= 15 is 0 Å². The number of benzene rings is 2. The summed E-state index contributed by atoms with van der Waals surface area (Å²) < 4.78 is 1.60. The molecule has 2 aromatic rings. The van der Waals surface area contributed by atoms with E-state index in [-0.39, 0.29) is 0 Å². The average molecular weight is 355 g/mol. The summed E-state index contributed by atoms with van der Waals surface area (Å²) >= 11 is 6.73. The lowest BCUT2D eigenvalue weighted by Crippen LogP contribution is -1.87. The number of halogens is 2. The second kappa shape index (κ2) is 5.42.